The van der Waals surface area contributed by atoms with E-state index in [9.17, 15) is 5.11 Å². The molecule has 1 fully saturated rings. The molecular formula is C13H15N3O3. The van der Waals surface area contributed by atoms with Crippen LogP contribution in [0.4, 0.5) is 0 Å². The van der Waals surface area contributed by atoms with E-state index >= 15 is 0 Å². The first-order valence-corrected chi connectivity index (χ1v) is 6.09. The number of benzene rings is 1. The van der Waals surface area contributed by atoms with E-state index in [0.717, 1.165) is 11.3 Å². The molecule has 0 aliphatic carbocycles. The van der Waals surface area contributed by atoms with Crippen molar-refractivity contribution in [2.24, 2.45) is 5.41 Å². The van der Waals surface area contributed by atoms with Crippen molar-refractivity contribution < 1.29 is 14.6 Å². The highest BCUT2D eigenvalue weighted by Gasteiger charge is 2.39. The van der Waals surface area contributed by atoms with Crippen LogP contribution in [0.1, 0.15) is 0 Å². The normalized spacial score (nSPS) is 16.9. The number of aliphatic hydroxyl groups excluding tert-OH is 1. The first-order valence-electron chi connectivity index (χ1n) is 6.09. The molecule has 6 heteroatoms. The fourth-order valence-electron chi connectivity index (χ4n) is 1.97. The number of aromatic nitrogens is 3. The van der Waals surface area contributed by atoms with Gasteiger partial charge in [-0.3, -0.25) is 5.10 Å². The van der Waals surface area contributed by atoms with Gasteiger partial charge in [0.2, 0.25) is 0 Å². The lowest BCUT2D eigenvalue weighted by molar-refractivity contribution is -0.153. The quantitative estimate of drug-likeness (QED) is 0.834. The van der Waals surface area contributed by atoms with Crippen LogP contribution in [0.3, 0.4) is 0 Å². The summed E-state index contributed by atoms with van der Waals surface area (Å²) in [6.45, 7) is 1.56. The van der Waals surface area contributed by atoms with Crippen molar-refractivity contribution in [3.63, 3.8) is 0 Å². The Kier molecular flexibility index (Phi) is 3.18. The molecule has 19 heavy (non-hydrogen) atoms. The summed E-state index contributed by atoms with van der Waals surface area (Å²) >= 11 is 0. The highest BCUT2D eigenvalue weighted by atomic mass is 16.5. The summed E-state index contributed by atoms with van der Waals surface area (Å²) in [5, 5.41) is 16.0. The molecule has 1 aliphatic rings. The summed E-state index contributed by atoms with van der Waals surface area (Å²) in [7, 11) is 0. The second-order valence-corrected chi connectivity index (χ2v) is 4.77. The maximum absolute atomic E-state index is 9.38. The van der Waals surface area contributed by atoms with Gasteiger partial charge in [0.15, 0.2) is 5.82 Å². The van der Waals surface area contributed by atoms with Crippen LogP contribution in [-0.2, 0) is 4.74 Å². The maximum Gasteiger partial charge on any atom is 0.159 e. The van der Waals surface area contributed by atoms with E-state index in [1.807, 2.05) is 24.3 Å². The highest BCUT2D eigenvalue weighted by molar-refractivity contribution is 5.63. The van der Waals surface area contributed by atoms with E-state index in [4.69, 9.17) is 9.47 Å². The number of nitrogens with zero attached hydrogens (tertiary/aromatic N) is 2. The molecule has 100 valence electrons. The summed E-state index contributed by atoms with van der Waals surface area (Å²) in [5.41, 5.74) is 0.586. The molecule has 1 aromatic heterocycles. The molecule has 0 spiro atoms. The minimum atomic E-state index is -0.269. The van der Waals surface area contributed by atoms with Gasteiger partial charge in [0.25, 0.3) is 0 Å². The predicted molar refractivity (Wildman–Crippen MR) is 67.7 cm³/mol. The third-order valence-electron chi connectivity index (χ3n) is 3.24. The van der Waals surface area contributed by atoms with Crippen molar-refractivity contribution in [3.8, 4) is 17.1 Å². The van der Waals surface area contributed by atoms with Gasteiger partial charge in [-0.15, -0.1) is 0 Å². The number of aromatic amines is 1. The van der Waals surface area contributed by atoms with Crippen LogP contribution in [0.5, 0.6) is 5.75 Å². The molecule has 2 heterocycles. The van der Waals surface area contributed by atoms with Gasteiger partial charge in [-0.2, -0.15) is 5.10 Å². The third-order valence-corrected chi connectivity index (χ3v) is 3.24. The van der Waals surface area contributed by atoms with Gasteiger partial charge < -0.3 is 14.6 Å². The Morgan fingerprint density at radius 1 is 1.37 bits per heavy atom. The molecule has 2 aromatic rings. The molecule has 2 N–H and O–H groups in total. The number of hydrogen-bond acceptors (Lipinski definition) is 5. The molecular weight excluding hydrogens is 246 g/mol. The van der Waals surface area contributed by atoms with Crippen LogP contribution in [0.25, 0.3) is 11.4 Å². The zero-order chi connectivity index (χ0) is 13.1. The van der Waals surface area contributed by atoms with Crippen molar-refractivity contribution in [1.29, 1.82) is 0 Å². The standard InChI is InChI=1S/C13H15N3O3/c17-5-13(6-18-7-13)8-19-11-4-2-1-3-10(11)12-14-9-15-16-12/h1-4,9,17H,5-8H2,(H,14,15,16). The Balaban J connectivity index is 1.78. The van der Waals surface area contributed by atoms with Crippen LogP contribution < -0.4 is 4.74 Å². The second kappa shape index (κ2) is 4.99. The van der Waals surface area contributed by atoms with Crippen molar-refractivity contribution in [2.75, 3.05) is 26.4 Å². The average Bonchev–Trinajstić information content (AvgIpc) is 2.92. The van der Waals surface area contributed by atoms with Gasteiger partial charge in [-0.05, 0) is 12.1 Å². The largest absolute Gasteiger partial charge is 0.492 e. The third kappa shape index (κ3) is 2.32. The van der Waals surface area contributed by atoms with Crippen LogP contribution in [-0.4, -0.2) is 46.7 Å². The molecule has 0 radical (unpaired) electrons. The summed E-state index contributed by atoms with van der Waals surface area (Å²) in [6, 6.07) is 7.61. The lowest BCUT2D eigenvalue weighted by Crippen LogP contribution is -2.49. The number of para-hydroxylation sites is 1. The number of H-pyrrole nitrogens is 1. The second-order valence-electron chi connectivity index (χ2n) is 4.77. The molecule has 6 nitrogen and oxygen atoms in total. The van der Waals surface area contributed by atoms with Gasteiger partial charge in [0.1, 0.15) is 18.7 Å². The topological polar surface area (TPSA) is 80.3 Å². The molecule has 1 aliphatic heterocycles. The van der Waals surface area contributed by atoms with Gasteiger partial charge in [-0.25, -0.2) is 4.98 Å². The summed E-state index contributed by atoms with van der Waals surface area (Å²) in [6.07, 6.45) is 1.46. The van der Waals surface area contributed by atoms with Gasteiger partial charge in [0, 0.05) is 0 Å². The highest BCUT2D eigenvalue weighted by Crippen LogP contribution is 2.31. The van der Waals surface area contributed by atoms with E-state index in [1.165, 1.54) is 6.33 Å². The number of ether oxygens (including phenoxy) is 2. The fraction of sp³-hybridized carbons (Fsp3) is 0.385. The predicted octanol–water partition coefficient (Wildman–Crippen LogP) is 0.859. The molecule has 0 unspecified atom stereocenters. The molecule has 1 aromatic carbocycles. The van der Waals surface area contributed by atoms with Gasteiger partial charge in [-0.1, -0.05) is 12.1 Å². The average molecular weight is 261 g/mol. The van der Waals surface area contributed by atoms with Crippen LogP contribution in [0, 0.1) is 5.41 Å². The SMILES string of the molecule is OCC1(COc2ccccc2-c2ncn[nH]2)COC1. The van der Waals surface area contributed by atoms with Crippen molar-refractivity contribution in [2.45, 2.75) is 0 Å². The summed E-state index contributed by atoms with van der Waals surface area (Å²) in [5.74, 6) is 1.39. The first kappa shape index (κ1) is 12.1. The van der Waals surface area contributed by atoms with E-state index in [0.29, 0.717) is 25.6 Å². The Morgan fingerprint density at radius 2 is 2.21 bits per heavy atom. The zero-order valence-corrected chi connectivity index (χ0v) is 10.4. The molecule has 0 amide bonds. The lowest BCUT2D eigenvalue weighted by atomic mass is 9.88. The first-order chi connectivity index (χ1) is 9.33. The Morgan fingerprint density at radius 3 is 2.84 bits per heavy atom. The van der Waals surface area contributed by atoms with Crippen molar-refractivity contribution >= 4 is 0 Å². The van der Waals surface area contributed by atoms with Gasteiger partial charge >= 0.3 is 0 Å². The number of hydrogen-bond donors (Lipinski definition) is 2. The Hall–Kier alpha value is -1.92. The molecule has 0 atom stereocenters. The van der Waals surface area contributed by atoms with Crippen LogP contribution >= 0.6 is 0 Å². The minimum Gasteiger partial charge on any atom is -0.492 e. The summed E-state index contributed by atoms with van der Waals surface area (Å²) in [4.78, 5) is 4.13. The van der Waals surface area contributed by atoms with E-state index < -0.39 is 0 Å². The Labute approximate surface area is 110 Å². The minimum absolute atomic E-state index is 0.0669. The van der Waals surface area contributed by atoms with Crippen molar-refractivity contribution in [1.82, 2.24) is 15.2 Å². The van der Waals surface area contributed by atoms with E-state index in [-0.39, 0.29) is 12.0 Å². The molecule has 1 saturated heterocycles. The van der Waals surface area contributed by atoms with Crippen LogP contribution in [0.15, 0.2) is 30.6 Å². The molecule has 0 bridgehead atoms. The van der Waals surface area contributed by atoms with Crippen molar-refractivity contribution in [3.05, 3.63) is 30.6 Å². The lowest BCUT2D eigenvalue weighted by Gasteiger charge is -2.39. The van der Waals surface area contributed by atoms with Gasteiger partial charge in [0.05, 0.1) is 30.8 Å². The molecule has 3 rings (SSSR count). The number of nitrogens with one attached hydrogen (secondary N) is 1. The molecule has 0 saturated carbocycles. The van der Waals surface area contributed by atoms with Crippen LogP contribution in [0.2, 0.25) is 0 Å². The maximum atomic E-state index is 9.38. The zero-order valence-electron chi connectivity index (χ0n) is 10.4. The fourth-order valence-corrected chi connectivity index (χ4v) is 1.97. The van der Waals surface area contributed by atoms with E-state index in [1.54, 1.807) is 0 Å². The Bertz CT molecular complexity index is 532. The smallest absolute Gasteiger partial charge is 0.159 e. The number of rotatable bonds is 5. The summed E-state index contributed by atoms with van der Waals surface area (Å²) < 4.78 is 11.0. The number of aliphatic hydroxyl groups is 1. The van der Waals surface area contributed by atoms with E-state index in [2.05, 4.69) is 15.2 Å². The monoisotopic (exact) mass is 261 g/mol.